The van der Waals surface area contributed by atoms with Crippen molar-refractivity contribution in [3.05, 3.63) is 54.1 Å². The van der Waals surface area contributed by atoms with Crippen LogP contribution < -0.4 is 14.8 Å². The monoisotopic (exact) mass is 423 g/mol. The maximum absolute atomic E-state index is 12.8. The topological polar surface area (TPSA) is 90.0 Å². The number of furan rings is 1. The Balaban J connectivity index is 1.27. The van der Waals surface area contributed by atoms with Gasteiger partial charge in [-0.25, -0.2) is 0 Å². The molecule has 4 heterocycles. The molecule has 0 unspecified atom stereocenters. The van der Waals surface area contributed by atoms with Gasteiger partial charge in [-0.1, -0.05) is 11.6 Å². The molecule has 2 aliphatic heterocycles. The van der Waals surface area contributed by atoms with E-state index in [0.717, 1.165) is 37.3 Å². The Kier molecular flexibility index (Phi) is 5.62. The van der Waals surface area contributed by atoms with E-state index in [9.17, 15) is 4.79 Å². The third-order valence-corrected chi connectivity index (χ3v) is 5.73. The summed E-state index contributed by atoms with van der Waals surface area (Å²) in [6.07, 6.45) is 5.24. The quantitative estimate of drug-likeness (QED) is 0.647. The van der Waals surface area contributed by atoms with E-state index in [1.165, 1.54) is 6.42 Å². The molecule has 0 saturated carbocycles. The Morgan fingerprint density at radius 1 is 1.06 bits per heavy atom. The molecule has 1 atom stereocenters. The molecule has 5 rings (SSSR count). The number of carbonyl (C=O) groups is 1. The van der Waals surface area contributed by atoms with Gasteiger partial charge in [-0.2, -0.15) is 0 Å². The molecule has 0 spiro atoms. The minimum absolute atomic E-state index is 0.00316. The summed E-state index contributed by atoms with van der Waals surface area (Å²) in [6.45, 7) is 3.49. The highest BCUT2D eigenvalue weighted by Crippen LogP contribution is 2.34. The van der Waals surface area contributed by atoms with Crippen LogP contribution in [-0.4, -0.2) is 48.8 Å². The Bertz CT molecular complexity index is 1020. The van der Waals surface area contributed by atoms with E-state index in [1.54, 1.807) is 12.3 Å². The van der Waals surface area contributed by atoms with Crippen molar-refractivity contribution in [3.63, 3.8) is 0 Å². The molecule has 3 aromatic rings. The first kappa shape index (κ1) is 19.7. The minimum atomic E-state index is -0.277. The summed E-state index contributed by atoms with van der Waals surface area (Å²) in [5, 5.41) is 6.95. The second-order valence-corrected chi connectivity index (χ2v) is 7.77. The largest absolute Gasteiger partial charge is 0.486 e. The average Bonchev–Trinajstić information content (AvgIpc) is 3.52. The highest BCUT2D eigenvalue weighted by atomic mass is 16.6. The van der Waals surface area contributed by atoms with Crippen molar-refractivity contribution < 1.29 is 23.2 Å². The van der Waals surface area contributed by atoms with E-state index in [0.29, 0.717) is 37.0 Å². The summed E-state index contributed by atoms with van der Waals surface area (Å²) in [7, 11) is 0. The lowest BCUT2D eigenvalue weighted by Gasteiger charge is -2.33. The molecule has 8 nitrogen and oxygen atoms in total. The van der Waals surface area contributed by atoms with Gasteiger partial charge < -0.3 is 23.7 Å². The highest BCUT2D eigenvalue weighted by Gasteiger charge is 2.26. The Morgan fingerprint density at radius 3 is 2.71 bits per heavy atom. The van der Waals surface area contributed by atoms with Crippen LogP contribution in [0.25, 0.3) is 11.3 Å². The molecule has 1 amide bonds. The van der Waals surface area contributed by atoms with Gasteiger partial charge in [0.2, 0.25) is 0 Å². The molecule has 1 aromatic carbocycles. The fourth-order valence-electron chi connectivity index (χ4n) is 4.12. The van der Waals surface area contributed by atoms with Crippen LogP contribution in [0.1, 0.15) is 41.6 Å². The molecule has 1 saturated heterocycles. The van der Waals surface area contributed by atoms with Crippen molar-refractivity contribution in [2.45, 2.75) is 25.3 Å². The number of ether oxygens (including phenoxy) is 2. The number of likely N-dealkylation sites (tertiary alicyclic amines) is 1. The molecule has 1 N–H and O–H groups in total. The number of aromatic nitrogens is 1. The molecule has 0 bridgehead atoms. The van der Waals surface area contributed by atoms with Crippen molar-refractivity contribution in [1.29, 1.82) is 0 Å². The molecule has 0 aliphatic carbocycles. The number of hydrogen-bond donors (Lipinski definition) is 1. The third kappa shape index (κ3) is 4.29. The average molecular weight is 423 g/mol. The van der Waals surface area contributed by atoms with Gasteiger partial charge in [-0.3, -0.25) is 9.69 Å². The number of fused-ring (bicyclic) bond motifs is 1. The summed E-state index contributed by atoms with van der Waals surface area (Å²) in [4.78, 5) is 15.1. The van der Waals surface area contributed by atoms with Gasteiger partial charge in [0.05, 0.1) is 12.3 Å². The Labute approximate surface area is 180 Å². The second-order valence-electron chi connectivity index (χ2n) is 7.77. The predicted octanol–water partition coefficient (Wildman–Crippen LogP) is 3.66. The summed E-state index contributed by atoms with van der Waals surface area (Å²) in [6, 6.07) is 11.0. The number of nitrogens with zero attached hydrogens (tertiary/aromatic N) is 2. The fraction of sp³-hybridized carbons (Fsp3) is 0.391. The van der Waals surface area contributed by atoms with Gasteiger partial charge in [-0.15, -0.1) is 0 Å². The van der Waals surface area contributed by atoms with Crippen molar-refractivity contribution in [3.8, 4) is 22.8 Å². The highest BCUT2D eigenvalue weighted by molar-refractivity contribution is 5.93. The summed E-state index contributed by atoms with van der Waals surface area (Å²) >= 11 is 0. The number of nitrogens with one attached hydrogen (secondary N) is 1. The van der Waals surface area contributed by atoms with Crippen LogP contribution >= 0.6 is 0 Å². The van der Waals surface area contributed by atoms with Crippen LogP contribution in [0.5, 0.6) is 11.5 Å². The second kappa shape index (κ2) is 8.85. The first-order valence-electron chi connectivity index (χ1n) is 10.7. The number of benzene rings is 1. The Morgan fingerprint density at radius 2 is 1.90 bits per heavy atom. The van der Waals surface area contributed by atoms with Gasteiger partial charge in [0, 0.05) is 18.2 Å². The SMILES string of the molecule is O=C(NC[C@@H](c1ccco1)N1CCCCC1)c1cc(-c2ccc3c(c2)OCCO3)on1. The Hall–Kier alpha value is -3.26. The first-order chi connectivity index (χ1) is 15.3. The van der Waals surface area contributed by atoms with Crippen LogP contribution in [0.3, 0.4) is 0 Å². The van der Waals surface area contributed by atoms with Gasteiger partial charge in [-0.05, 0) is 56.3 Å². The lowest BCUT2D eigenvalue weighted by molar-refractivity contribution is 0.0905. The van der Waals surface area contributed by atoms with Gasteiger partial charge in [0.15, 0.2) is 23.0 Å². The lowest BCUT2D eigenvalue weighted by atomic mass is 10.1. The zero-order chi connectivity index (χ0) is 21.0. The van der Waals surface area contributed by atoms with Crippen LogP contribution in [0.2, 0.25) is 0 Å². The van der Waals surface area contributed by atoms with Gasteiger partial charge in [0.1, 0.15) is 19.0 Å². The number of rotatable bonds is 6. The third-order valence-electron chi connectivity index (χ3n) is 5.73. The molecule has 2 aromatic heterocycles. The number of amides is 1. The first-order valence-corrected chi connectivity index (χ1v) is 10.7. The predicted molar refractivity (Wildman–Crippen MR) is 112 cm³/mol. The van der Waals surface area contributed by atoms with Crippen LogP contribution in [-0.2, 0) is 0 Å². The van der Waals surface area contributed by atoms with Crippen molar-refractivity contribution >= 4 is 5.91 Å². The molecule has 2 aliphatic rings. The maximum Gasteiger partial charge on any atom is 0.273 e. The van der Waals surface area contributed by atoms with Crippen LogP contribution in [0.4, 0.5) is 0 Å². The van der Waals surface area contributed by atoms with E-state index >= 15 is 0 Å². The number of carbonyl (C=O) groups excluding carboxylic acids is 1. The van der Waals surface area contributed by atoms with Crippen LogP contribution in [0, 0.1) is 0 Å². The van der Waals surface area contributed by atoms with Crippen molar-refractivity contribution in [2.24, 2.45) is 0 Å². The van der Waals surface area contributed by atoms with E-state index < -0.39 is 0 Å². The van der Waals surface area contributed by atoms with E-state index in [1.807, 2.05) is 30.3 Å². The molecule has 0 radical (unpaired) electrons. The van der Waals surface area contributed by atoms with Crippen LogP contribution in [0.15, 0.2) is 51.6 Å². The molecule has 8 heteroatoms. The summed E-state index contributed by atoms with van der Waals surface area (Å²) in [5.41, 5.74) is 1.01. The van der Waals surface area contributed by atoms with E-state index in [2.05, 4.69) is 15.4 Å². The van der Waals surface area contributed by atoms with Crippen molar-refractivity contribution in [2.75, 3.05) is 32.8 Å². The fourth-order valence-corrected chi connectivity index (χ4v) is 4.12. The smallest absolute Gasteiger partial charge is 0.273 e. The molecule has 1 fully saturated rings. The summed E-state index contributed by atoms with van der Waals surface area (Å²) < 4.78 is 22.2. The molecule has 162 valence electrons. The minimum Gasteiger partial charge on any atom is -0.486 e. The van der Waals surface area contributed by atoms with Crippen molar-refractivity contribution in [1.82, 2.24) is 15.4 Å². The van der Waals surface area contributed by atoms with E-state index in [-0.39, 0.29) is 17.6 Å². The zero-order valence-corrected chi connectivity index (χ0v) is 17.2. The number of hydrogen-bond acceptors (Lipinski definition) is 7. The normalized spacial score (nSPS) is 17.3. The van der Waals surface area contributed by atoms with E-state index in [4.69, 9.17) is 18.4 Å². The molecular weight excluding hydrogens is 398 g/mol. The lowest BCUT2D eigenvalue weighted by Crippen LogP contribution is -2.40. The van der Waals surface area contributed by atoms with Gasteiger partial charge >= 0.3 is 0 Å². The molecule has 31 heavy (non-hydrogen) atoms. The maximum atomic E-state index is 12.8. The standard InChI is InChI=1S/C23H25N3O5/c27-23(24-15-18(19-5-4-10-28-19)26-8-2-1-3-9-26)17-14-21(31-25-17)16-6-7-20-22(13-16)30-12-11-29-20/h4-7,10,13-14,18H,1-3,8-9,11-12,15H2,(H,24,27)/t18-/m0/s1. The molecular formula is C23H25N3O5. The van der Waals surface area contributed by atoms with Gasteiger partial charge in [0.25, 0.3) is 5.91 Å². The summed E-state index contributed by atoms with van der Waals surface area (Å²) in [5.74, 6) is 2.45. The number of piperidine rings is 1. The zero-order valence-electron chi connectivity index (χ0n) is 17.2.